The van der Waals surface area contributed by atoms with Crippen molar-refractivity contribution in [2.75, 3.05) is 36.8 Å². The summed E-state index contributed by atoms with van der Waals surface area (Å²) < 4.78 is 52.3. The lowest BCUT2D eigenvalue weighted by atomic mass is 10.3. The van der Waals surface area contributed by atoms with Gasteiger partial charge in [0.1, 0.15) is 9.84 Å². The number of methoxy groups -OCH3 is 1. The van der Waals surface area contributed by atoms with Crippen LogP contribution in [0.1, 0.15) is 6.42 Å². The lowest BCUT2D eigenvalue weighted by Gasteiger charge is -2.16. The smallest absolute Gasteiger partial charge is 0.212 e. The number of ether oxygens (including phenoxy) is 1. The Balaban J connectivity index is 4.40. The van der Waals surface area contributed by atoms with Gasteiger partial charge >= 0.3 is 0 Å². The van der Waals surface area contributed by atoms with Crippen LogP contribution in [0.2, 0.25) is 0 Å². The van der Waals surface area contributed by atoms with Crippen LogP contribution < -0.4 is 4.72 Å². The molecule has 0 fully saturated rings. The third-order valence-corrected chi connectivity index (χ3v) is 4.99. The Morgan fingerprint density at radius 1 is 1.24 bits per heavy atom. The van der Waals surface area contributed by atoms with Crippen molar-refractivity contribution in [2.24, 2.45) is 0 Å². The van der Waals surface area contributed by atoms with Crippen LogP contribution in [0.15, 0.2) is 0 Å². The lowest BCUT2D eigenvalue weighted by Crippen LogP contribution is -2.40. The molecule has 17 heavy (non-hydrogen) atoms. The SMILES string of the molecule is COCC(CCBr)NS(=O)(=O)CCS(C)(=O)=O. The first kappa shape index (κ1) is 17.3. The molecule has 0 radical (unpaired) electrons. The zero-order valence-electron chi connectivity index (χ0n) is 9.85. The van der Waals surface area contributed by atoms with Crippen molar-refractivity contribution >= 4 is 35.8 Å². The Labute approximate surface area is 111 Å². The average molecular weight is 352 g/mol. The summed E-state index contributed by atoms with van der Waals surface area (Å²) in [6, 6.07) is -0.344. The highest BCUT2D eigenvalue weighted by atomic mass is 79.9. The van der Waals surface area contributed by atoms with E-state index in [1.54, 1.807) is 0 Å². The van der Waals surface area contributed by atoms with Crippen molar-refractivity contribution < 1.29 is 21.6 Å². The molecule has 0 saturated heterocycles. The second-order valence-electron chi connectivity index (χ2n) is 3.70. The maximum atomic E-state index is 11.6. The van der Waals surface area contributed by atoms with E-state index in [1.807, 2.05) is 0 Å². The van der Waals surface area contributed by atoms with Gasteiger partial charge in [-0.1, -0.05) is 15.9 Å². The molecular weight excluding hydrogens is 334 g/mol. The highest BCUT2D eigenvalue weighted by Crippen LogP contribution is 2.00. The third kappa shape index (κ3) is 9.95. The van der Waals surface area contributed by atoms with Gasteiger partial charge in [0, 0.05) is 24.7 Å². The maximum absolute atomic E-state index is 11.6. The van der Waals surface area contributed by atoms with Crippen LogP contribution in [0, 0.1) is 0 Å². The predicted octanol–water partition coefficient (Wildman–Crippen LogP) is -0.250. The normalized spacial score (nSPS) is 14.8. The first-order chi connectivity index (χ1) is 7.70. The summed E-state index contributed by atoms with van der Waals surface area (Å²) in [5, 5.41) is 0.635. The molecule has 1 N–H and O–H groups in total. The summed E-state index contributed by atoms with van der Waals surface area (Å²) in [5.41, 5.74) is 0. The Bertz CT molecular complexity index is 400. The molecule has 0 aliphatic rings. The van der Waals surface area contributed by atoms with Crippen molar-refractivity contribution in [1.29, 1.82) is 0 Å². The van der Waals surface area contributed by atoms with Crippen LogP contribution >= 0.6 is 15.9 Å². The standard InChI is InChI=1S/C8H18BrNO5S2/c1-15-7-8(3-4-9)10-17(13,14)6-5-16(2,11)12/h8,10H,3-7H2,1-2H3. The molecule has 1 unspecified atom stereocenters. The molecule has 0 aromatic rings. The van der Waals surface area contributed by atoms with Gasteiger partial charge in [-0.3, -0.25) is 0 Å². The molecule has 0 aromatic carbocycles. The van der Waals surface area contributed by atoms with E-state index in [0.29, 0.717) is 11.8 Å². The van der Waals surface area contributed by atoms with Crippen molar-refractivity contribution in [3.63, 3.8) is 0 Å². The van der Waals surface area contributed by atoms with Gasteiger partial charge in [0.25, 0.3) is 0 Å². The molecule has 0 amide bonds. The zero-order chi connectivity index (χ0) is 13.5. The fourth-order valence-corrected chi connectivity index (χ4v) is 4.54. The van der Waals surface area contributed by atoms with Gasteiger partial charge in [-0.15, -0.1) is 0 Å². The largest absolute Gasteiger partial charge is 0.383 e. The third-order valence-electron chi connectivity index (χ3n) is 1.89. The summed E-state index contributed by atoms with van der Waals surface area (Å²) in [6.45, 7) is 0.254. The number of nitrogens with one attached hydrogen (secondary N) is 1. The van der Waals surface area contributed by atoms with E-state index in [2.05, 4.69) is 20.7 Å². The maximum Gasteiger partial charge on any atom is 0.212 e. The first-order valence-electron chi connectivity index (χ1n) is 4.93. The Morgan fingerprint density at radius 3 is 2.24 bits per heavy atom. The first-order valence-corrected chi connectivity index (χ1v) is 9.76. The van der Waals surface area contributed by atoms with Crippen molar-refractivity contribution in [1.82, 2.24) is 4.72 Å². The van der Waals surface area contributed by atoms with E-state index >= 15 is 0 Å². The molecule has 0 saturated carbocycles. The molecule has 9 heteroatoms. The molecule has 1 atom stereocenters. The van der Waals surface area contributed by atoms with Crippen molar-refractivity contribution in [2.45, 2.75) is 12.5 Å². The van der Waals surface area contributed by atoms with Crippen LogP contribution in [0.25, 0.3) is 0 Å². The molecule has 0 aliphatic carbocycles. The second kappa shape index (κ2) is 7.67. The fourth-order valence-electron chi connectivity index (χ4n) is 1.08. The molecule has 104 valence electrons. The van der Waals surface area contributed by atoms with E-state index in [4.69, 9.17) is 4.74 Å². The highest BCUT2D eigenvalue weighted by Gasteiger charge is 2.19. The van der Waals surface area contributed by atoms with Crippen molar-refractivity contribution in [3.8, 4) is 0 Å². The summed E-state index contributed by atoms with van der Waals surface area (Å²) in [6.07, 6.45) is 1.58. The number of hydrogen-bond acceptors (Lipinski definition) is 5. The highest BCUT2D eigenvalue weighted by molar-refractivity contribution is 9.09. The number of sulfone groups is 1. The van der Waals surface area contributed by atoms with Crippen LogP contribution in [-0.2, 0) is 24.6 Å². The molecule has 0 rings (SSSR count). The van der Waals surface area contributed by atoms with E-state index in [-0.39, 0.29) is 18.4 Å². The number of rotatable bonds is 9. The van der Waals surface area contributed by atoms with E-state index in [1.165, 1.54) is 7.11 Å². The van der Waals surface area contributed by atoms with Gasteiger partial charge in [0.15, 0.2) is 0 Å². The lowest BCUT2D eigenvalue weighted by molar-refractivity contribution is 0.173. The van der Waals surface area contributed by atoms with Crippen LogP contribution in [-0.4, -0.2) is 59.7 Å². The second-order valence-corrected chi connectivity index (χ2v) is 8.62. The van der Waals surface area contributed by atoms with Gasteiger partial charge in [-0.05, 0) is 6.42 Å². The molecule has 0 bridgehead atoms. The molecule has 0 aromatic heterocycles. The van der Waals surface area contributed by atoms with Crippen LogP contribution in [0.3, 0.4) is 0 Å². The van der Waals surface area contributed by atoms with Crippen LogP contribution in [0.4, 0.5) is 0 Å². The number of sulfonamides is 1. The molecule has 0 spiro atoms. The van der Waals surface area contributed by atoms with E-state index in [0.717, 1.165) is 6.26 Å². The minimum atomic E-state index is -3.59. The minimum absolute atomic E-state index is 0.254. The fraction of sp³-hybridized carbons (Fsp3) is 1.00. The van der Waals surface area contributed by atoms with Gasteiger partial charge in [-0.25, -0.2) is 21.6 Å². The number of alkyl halides is 1. The Morgan fingerprint density at radius 2 is 1.82 bits per heavy atom. The van der Waals surface area contributed by atoms with Gasteiger partial charge in [0.05, 0.1) is 18.1 Å². The monoisotopic (exact) mass is 351 g/mol. The minimum Gasteiger partial charge on any atom is -0.383 e. The average Bonchev–Trinajstić information content (AvgIpc) is 2.14. The van der Waals surface area contributed by atoms with Gasteiger partial charge in [0.2, 0.25) is 10.0 Å². The van der Waals surface area contributed by atoms with Crippen molar-refractivity contribution in [3.05, 3.63) is 0 Å². The van der Waals surface area contributed by atoms with Gasteiger partial charge in [-0.2, -0.15) is 0 Å². The van der Waals surface area contributed by atoms with E-state index in [9.17, 15) is 16.8 Å². The van der Waals surface area contributed by atoms with Crippen LogP contribution in [0.5, 0.6) is 0 Å². The molecule has 0 aliphatic heterocycles. The van der Waals surface area contributed by atoms with Gasteiger partial charge < -0.3 is 4.74 Å². The zero-order valence-corrected chi connectivity index (χ0v) is 13.1. The summed E-state index contributed by atoms with van der Waals surface area (Å²) in [7, 11) is -5.39. The summed E-state index contributed by atoms with van der Waals surface area (Å²) >= 11 is 3.21. The predicted molar refractivity (Wildman–Crippen MR) is 70.7 cm³/mol. The Hall–Kier alpha value is 0.300. The molecule has 0 heterocycles. The summed E-state index contributed by atoms with van der Waals surface area (Å²) in [5.74, 6) is -0.801. The molecular formula is C8H18BrNO5S2. The van der Waals surface area contributed by atoms with E-state index < -0.39 is 25.6 Å². The topological polar surface area (TPSA) is 89.5 Å². The quantitative estimate of drug-likeness (QED) is 0.578. The number of halogens is 1. The molecule has 6 nitrogen and oxygen atoms in total. The number of hydrogen-bond donors (Lipinski definition) is 1. The Kier molecular flexibility index (Phi) is 7.81. The summed E-state index contributed by atoms with van der Waals surface area (Å²) in [4.78, 5) is 0.